The maximum atomic E-state index is 11.4. The number of rotatable bonds is 1. The van der Waals surface area contributed by atoms with Crippen molar-refractivity contribution in [2.24, 2.45) is 0 Å². The number of hydrogen-bond acceptors (Lipinski definition) is 3. The summed E-state index contributed by atoms with van der Waals surface area (Å²) in [5.74, 6) is 0. The van der Waals surface area contributed by atoms with E-state index in [2.05, 4.69) is 31.9 Å². The normalized spacial score (nSPS) is 10.1. The van der Waals surface area contributed by atoms with Crippen molar-refractivity contribution >= 4 is 54.4 Å². The number of anilines is 1. The van der Waals surface area contributed by atoms with Crippen LogP contribution in [0, 0.1) is 0 Å². The lowest BCUT2D eigenvalue weighted by Crippen LogP contribution is -2.00. The van der Waals surface area contributed by atoms with Gasteiger partial charge in [-0.15, -0.1) is 0 Å². The van der Waals surface area contributed by atoms with Crippen molar-refractivity contribution in [3.05, 3.63) is 26.6 Å². The Kier molecular flexibility index (Phi) is 3.82. The average molecular weight is 325 g/mol. The Morgan fingerprint density at radius 3 is 2.62 bits per heavy atom. The van der Waals surface area contributed by atoms with Crippen molar-refractivity contribution in [1.29, 1.82) is 0 Å². The topological polar surface area (TPSA) is 43.1 Å². The predicted octanol–water partition coefficient (Wildman–Crippen LogP) is 3.30. The van der Waals surface area contributed by atoms with E-state index in [1.165, 1.54) is 0 Å². The van der Waals surface area contributed by atoms with Gasteiger partial charge in [-0.05, 0) is 34.3 Å². The fourth-order valence-electron chi connectivity index (χ4n) is 0.864. The van der Waals surface area contributed by atoms with Crippen LogP contribution in [0.5, 0.6) is 0 Å². The zero-order chi connectivity index (χ0) is 10.0. The Morgan fingerprint density at radius 1 is 1.46 bits per heavy atom. The summed E-state index contributed by atoms with van der Waals surface area (Å²) in [4.78, 5) is 11.4. The molecule has 2 nitrogen and oxygen atoms in total. The second kappa shape index (κ2) is 4.48. The number of halogens is 2. The molecule has 1 aromatic rings. The van der Waals surface area contributed by atoms with Gasteiger partial charge in [0.1, 0.15) is 0 Å². The molecule has 0 saturated heterocycles. The molecule has 0 saturated carbocycles. The Hall–Kier alpha value is -0.000000000000000111. The van der Waals surface area contributed by atoms with Crippen LogP contribution in [-0.4, -0.2) is 11.4 Å². The molecular weight excluding hydrogens is 318 g/mol. The molecule has 5 heteroatoms. The molecule has 0 heterocycles. The van der Waals surface area contributed by atoms with Crippen molar-refractivity contribution < 1.29 is 4.79 Å². The molecule has 0 aliphatic carbocycles. The number of thioether (sulfide) groups is 1. The predicted molar refractivity (Wildman–Crippen MR) is 64.1 cm³/mol. The second-order valence-corrected chi connectivity index (χ2v) is 4.89. The van der Waals surface area contributed by atoms with Crippen molar-refractivity contribution in [2.75, 3.05) is 12.0 Å². The molecule has 70 valence electrons. The second-order valence-electron chi connectivity index (χ2n) is 2.34. The van der Waals surface area contributed by atoms with E-state index in [1.807, 2.05) is 6.07 Å². The first-order chi connectivity index (χ1) is 6.06. The number of carbonyl (C=O) groups excluding carboxylic acids is 1. The van der Waals surface area contributed by atoms with E-state index in [0.717, 1.165) is 20.7 Å². The summed E-state index contributed by atoms with van der Waals surface area (Å²) in [6.07, 6.45) is 1.73. The Bertz CT molecular complexity index is 354. The van der Waals surface area contributed by atoms with E-state index in [1.54, 1.807) is 12.3 Å². The van der Waals surface area contributed by atoms with Crippen LogP contribution in [0.3, 0.4) is 0 Å². The number of benzene rings is 1. The highest BCUT2D eigenvalue weighted by molar-refractivity contribution is 9.11. The molecule has 0 amide bonds. The van der Waals surface area contributed by atoms with Gasteiger partial charge in [0, 0.05) is 8.95 Å². The van der Waals surface area contributed by atoms with E-state index in [9.17, 15) is 4.79 Å². The SMILES string of the molecule is CSC(=O)c1cc(Br)cc(Br)c1N. The van der Waals surface area contributed by atoms with Crippen LogP contribution in [-0.2, 0) is 0 Å². The third-order valence-electron chi connectivity index (χ3n) is 1.50. The van der Waals surface area contributed by atoms with E-state index in [4.69, 9.17) is 5.73 Å². The van der Waals surface area contributed by atoms with Gasteiger partial charge >= 0.3 is 0 Å². The van der Waals surface area contributed by atoms with Gasteiger partial charge in [0.15, 0.2) is 0 Å². The smallest absolute Gasteiger partial charge is 0.221 e. The van der Waals surface area contributed by atoms with Crippen LogP contribution < -0.4 is 5.73 Å². The Morgan fingerprint density at radius 2 is 2.08 bits per heavy atom. The van der Waals surface area contributed by atoms with Gasteiger partial charge in [-0.1, -0.05) is 27.7 Å². The molecule has 1 rings (SSSR count). The minimum Gasteiger partial charge on any atom is -0.397 e. The van der Waals surface area contributed by atoms with Crippen molar-refractivity contribution in [3.63, 3.8) is 0 Å². The van der Waals surface area contributed by atoms with Crippen LogP contribution >= 0.6 is 43.6 Å². The van der Waals surface area contributed by atoms with Crippen LogP contribution in [0.4, 0.5) is 5.69 Å². The molecule has 0 bridgehead atoms. The molecule has 13 heavy (non-hydrogen) atoms. The maximum absolute atomic E-state index is 11.4. The van der Waals surface area contributed by atoms with Gasteiger partial charge in [-0.25, -0.2) is 0 Å². The summed E-state index contributed by atoms with van der Waals surface area (Å²) in [5.41, 5.74) is 6.75. The monoisotopic (exact) mass is 323 g/mol. The molecule has 0 fully saturated rings. The summed E-state index contributed by atoms with van der Waals surface area (Å²) in [5, 5.41) is -0.0282. The lowest BCUT2D eigenvalue weighted by molar-refractivity contribution is 0.109. The summed E-state index contributed by atoms with van der Waals surface area (Å²) >= 11 is 7.72. The van der Waals surface area contributed by atoms with Crippen molar-refractivity contribution in [3.8, 4) is 0 Å². The lowest BCUT2D eigenvalue weighted by Gasteiger charge is -2.05. The lowest BCUT2D eigenvalue weighted by atomic mass is 10.2. The quantitative estimate of drug-likeness (QED) is 0.806. The van der Waals surface area contributed by atoms with Gasteiger partial charge in [0.25, 0.3) is 0 Å². The molecule has 0 aliphatic heterocycles. The van der Waals surface area contributed by atoms with E-state index >= 15 is 0 Å². The largest absolute Gasteiger partial charge is 0.397 e. The summed E-state index contributed by atoms with van der Waals surface area (Å²) < 4.78 is 1.57. The number of hydrogen-bond donors (Lipinski definition) is 1. The van der Waals surface area contributed by atoms with Crippen LogP contribution in [0.1, 0.15) is 10.4 Å². The third kappa shape index (κ3) is 2.48. The summed E-state index contributed by atoms with van der Waals surface area (Å²) in [6, 6.07) is 3.53. The fraction of sp³-hybridized carbons (Fsp3) is 0.125. The summed E-state index contributed by atoms with van der Waals surface area (Å²) in [6.45, 7) is 0. The fourth-order valence-corrected chi connectivity index (χ4v) is 2.48. The first kappa shape index (κ1) is 11.1. The van der Waals surface area contributed by atoms with Crippen molar-refractivity contribution in [1.82, 2.24) is 0 Å². The minimum atomic E-state index is -0.0282. The molecule has 0 atom stereocenters. The van der Waals surface area contributed by atoms with Gasteiger partial charge in [0.05, 0.1) is 11.3 Å². The van der Waals surface area contributed by atoms with E-state index < -0.39 is 0 Å². The molecular formula is C8H7Br2NOS. The molecule has 0 aromatic heterocycles. The van der Waals surface area contributed by atoms with E-state index in [-0.39, 0.29) is 5.12 Å². The molecule has 0 radical (unpaired) electrons. The molecule has 1 aromatic carbocycles. The average Bonchev–Trinajstić information content (AvgIpc) is 2.10. The van der Waals surface area contributed by atoms with Gasteiger partial charge in [-0.3, -0.25) is 4.79 Å². The first-order valence-corrected chi connectivity index (χ1v) is 6.20. The minimum absolute atomic E-state index is 0.0282. The van der Waals surface area contributed by atoms with Crippen LogP contribution in [0.25, 0.3) is 0 Å². The van der Waals surface area contributed by atoms with Gasteiger partial charge < -0.3 is 5.73 Å². The van der Waals surface area contributed by atoms with Crippen molar-refractivity contribution in [2.45, 2.75) is 0 Å². The number of nitrogen functional groups attached to an aromatic ring is 1. The Balaban J connectivity index is 3.28. The first-order valence-electron chi connectivity index (χ1n) is 3.39. The molecule has 2 N–H and O–H groups in total. The molecule has 0 aliphatic rings. The highest BCUT2D eigenvalue weighted by Gasteiger charge is 2.11. The molecule has 0 spiro atoms. The van der Waals surface area contributed by atoms with Crippen LogP contribution in [0.2, 0.25) is 0 Å². The van der Waals surface area contributed by atoms with Crippen LogP contribution in [0.15, 0.2) is 21.1 Å². The highest BCUT2D eigenvalue weighted by atomic mass is 79.9. The number of carbonyl (C=O) groups is 1. The molecule has 0 unspecified atom stereocenters. The van der Waals surface area contributed by atoms with E-state index in [0.29, 0.717) is 11.3 Å². The maximum Gasteiger partial charge on any atom is 0.221 e. The zero-order valence-corrected chi connectivity index (χ0v) is 10.8. The Labute approximate surface area is 97.5 Å². The zero-order valence-electron chi connectivity index (χ0n) is 6.80. The highest BCUT2D eigenvalue weighted by Crippen LogP contribution is 2.29. The standard InChI is InChI=1S/C8H7Br2NOS/c1-13-8(12)5-2-4(9)3-6(10)7(5)11/h2-3H,11H2,1H3. The number of nitrogens with two attached hydrogens (primary N) is 1. The van der Waals surface area contributed by atoms with Gasteiger partial charge in [0.2, 0.25) is 5.12 Å². The summed E-state index contributed by atoms with van der Waals surface area (Å²) in [7, 11) is 0. The third-order valence-corrected chi connectivity index (χ3v) is 3.20. The van der Waals surface area contributed by atoms with Gasteiger partial charge in [-0.2, -0.15) is 0 Å².